The molecule has 1 N–H and O–H groups in total. The first-order valence-corrected chi connectivity index (χ1v) is 9.03. The standard InChI is InChI=1S/C18H20BrFO2/c1-18-5-4-10-11(13(18)8-14(19)17(18)22)3-2-9-6-16(21)15(20)7-12(9)10/h6-7,10-11,13-14,21H,2-5,8H2,1H3/t10-,11+,13-,14+,18-/m0/s1. The number of Topliss-reactive ketones (excluding diaryl/α,β-unsaturated/α-hetero) is 1. The summed E-state index contributed by atoms with van der Waals surface area (Å²) in [4.78, 5) is 12.5. The molecular weight excluding hydrogens is 347 g/mol. The Morgan fingerprint density at radius 2 is 2.14 bits per heavy atom. The number of halogens is 2. The molecule has 2 nitrogen and oxygen atoms in total. The molecule has 1 aromatic rings. The number of hydrogen-bond acceptors (Lipinski definition) is 2. The van der Waals surface area contributed by atoms with Crippen molar-refractivity contribution in [3.8, 4) is 5.75 Å². The second-order valence-electron chi connectivity index (χ2n) is 7.44. The Morgan fingerprint density at radius 1 is 1.36 bits per heavy atom. The number of fused-ring (bicyclic) bond motifs is 5. The van der Waals surface area contributed by atoms with Gasteiger partial charge in [-0.1, -0.05) is 22.9 Å². The molecule has 0 spiro atoms. The molecule has 0 radical (unpaired) electrons. The van der Waals surface area contributed by atoms with E-state index in [4.69, 9.17) is 0 Å². The maximum absolute atomic E-state index is 13.8. The lowest BCUT2D eigenvalue weighted by Crippen LogP contribution is -2.42. The first-order chi connectivity index (χ1) is 10.4. The summed E-state index contributed by atoms with van der Waals surface area (Å²) in [7, 11) is 0. The molecule has 2 saturated carbocycles. The number of hydrogen-bond donors (Lipinski definition) is 1. The zero-order valence-corrected chi connectivity index (χ0v) is 14.2. The van der Waals surface area contributed by atoms with Crippen molar-refractivity contribution >= 4 is 21.7 Å². The fourth-order valence-electron chi connectivity index (χ4n) is 5.33. The number of aromatic hydroxyl groups is 1. The highest BCUT2D eigenvalue weighted by Crippen LogP contribution is 2.60. The van der Waals surface area contributed by atoms with Crippen molar-refractivity contribution in [2.45, 2.75) is 49.8 Å². The summed E-state index contributed by atoms with van der Waals surface area (Å²) in [5.74, 6) is 0.791. The monoisotopic (exact) mass is 366 g/mol. The third kappa shape index (κ3) is 1.85. The maximum atomic E-state index is 13.8. The minimum atomic E-state index is -0.520. The number of phenols is 1. The van der Waals surface area contributed by atoms with E-state index in [0.29, 0.717) is 23.5 Å². The SMILES string of the molecule is C[C@]12CC[C@@H]3c4cc(F)c(O)cc4CC[C@H]3[C@@H]1C[C@@H](Br)C2=O. The Bertz CT molecular complexity index is 659. The number of phenolic OH excluding ortho intramolecular Hbond substituents is 1. The van der Waals surface area contributed by atoms with E-state index in [0.717, 1.165) is 43.2 Å². The Kier molecular flexibility index (Phi) is 3.20. The number of alkyl halides is 1. The van der Waals surface area contributed by atoms with Gasteiger partial charge in [-0.3, -0.25) is 4.79 Å². The van der Waals surface area contributed by atoms with Gasteiger partial charge in [-0.05, 0) is 73.1 Å². The molecule has 118 valence electrons. The molecule has 0 aliphatic heterocycles. The minimum absolute atomic E-state index is 0.0146. The molecule has 3 aliphatic rings. The molecule has 0 amide bonds. The molecule has 5 atom stereocenters. The van der Waals surface area contributed by atoms with Crippen LogP contribution >= 0.6 is 15.9 Å². The van der Waals surface area contributed by atoms with Crippen LogP contribution in [0.2, 0.25) is 0 Å². The summed E-state index contributed by atoms with van der Waals surface area (Å²) in [6, 6.07) is 3.13. The van der Waals surface area contributed by atoms with Crippen molar-refractivity contribution in [3.63, 3.8) is 0 Å². The molecule has 0 aromatic heterocycles. The molecule has 0 unspecified atom stereocenters. The highest BCUT2D eigenvalue weighted by atomic mass is 79.9. The van der Waals surface area contributed by atoms with Gasteiger partial charge in [-0.15, -0.1) is 0 Å². The second-order valence-corrected chi connectivity index (χ2v) is 8.55. The van der Waals surface area contributed by atoms with Crippen LogP contribution in [0.5, 0.6) is 5.75 Å². The van der Waals surface area contributed by atoms with Crippen LogP contribution in [-0.4, -0.2) is 15.7 Å². The molecule has 22 heavy (non-hydrogen) atoms. The summed E-state index contributed by atoms with van der Waals surface area (Å²) in [6.45, 7) is 2.13. The lowest BCUT2D eigenvalue weighted by atomic mass is 9.55. The Hall–Kier alpha value is -0.900. The van der Waals surface area contributed by atoms with Gasteiger partial charge in [0, 0.05) is 5.41 Å². The van der Waals surface area contributed by atoms with E-state index in [-0.39, 0.29) is 16.0 Å². The summed E-state index contributed by atoms with van der Waals surface area (Å²) >= 11 is 3.56. The van der Waals surface area contributed by atoms with Gasteiger partial charge in [0.2, 0.25) is 0 Å². The first kappa shape index (κ1) is 14.7. The van der Waals surface area contributed by atoms with E-state index >= 15 is 0 Å². The van der Waals surface area contributed by atoms with Gasteiger partial charge in [0.25, 0.3) is 0 Å². The van der Waals surface area contributed by atoms with Crippen LogP contribution in [-0.2, 0) is 11.2 Å². The molecule has 3 aliphatic carbocycles. The zero-order chi connectivity index (χ0) is 15.6. The summed E-state index contributed by atoms with van der Waals surface area (Å²) in [5.41, 5.74) is 1.95. The molecule has 4 heteroatoms. The van der Waals surface area contributed by atoms with Gasteiger partial charge in [0.05, 0.1) is 4.83 Å². The third-order valence-corrected chi connectivity index (χ3v) is 7.28. The second kappa shape index (κ2) is 4.80. The van der Waals surface area contributed by atoms with Crippen molar-refractivity contribution in [1.82, 2.24) is 0 Å². The van der Waals surface area contributed by atoms with E-state index < -0.39 is 5.82 Å². The molecule has 0 saturated heterocycles. The van der Waals surface area contributed by atoms with Crippen LogP contribution in [0.25, 0.3) is 0 Å². The lowest BCUT2D eigenvalue weighted by Gasteiger charge is -2.48. The van der Waals surface area contributed by atoms with Gasteiger partial charge in [0.15, 0.2) is 17.3 Å². The molecule has 0 heterocycles. The third-order valence-electron chi connectivity index (χ3n) is 6.49. The number of carbonyl (C=O) groups is 1. The summed E-state index contributed by atoms with van der Waals surface area (Å²) in [6.07, 6.45) is 4.66. The Labute approximate surface area is 138 Å². The average molecular weight is 367 g/mol. The zero-order valence-electron chi connectivity index (χ0n) is 12.6. The van der Waals surface area contributed by atoms with Gasteiger partial charge in [0.1, 0.15) is 0 Å². The highest BCUT2D eigenvalue weighted by molar-refractivity contribution is 9.10. The number of aryl methyl sites for hydroxylation is 1. The molecule has 4 rings (SSSR count). The largest absolute Gasteiger partial charge is 0.505 e. The van der Waals surface area contributed by atoms with Crippen LogP contribution in [0, 0.1) is 23.1 Å². The van der Waals surface area contributed by atoms with Crippen molar-refractivity contribution in [3.05, 3.63) is 29.1 Å². The Balaban J connectivity index is 1.74. The predicted molar refractivity (Wildman–Crippen MR) is 85.8 cm³/mol. The van der Waals surface area contributed by atoms with Gasteiger partial charge < -0.3 is 5.11 Å². The number of benzene rings is 1. The summed E-state index contributed by atoms with van der Waals surface area (Å²) in [5, 5.41) is 9.61. The van der Waals surface area contributed by atoms with Crippen molar-refractivity contribution in [1.29, 1.82) is 0 Å². The van der Waals surface area contributed by atoms with E-state index in [2.05, 4.69) is 22.9 Å². The van der Waals surface area contributed by atoms with Crippen LogP contribution in [0.15, 0.2) is 12.1 Å². The first-order valence-electron chi connectivity index (χ1n) is 8.11. The fourth-order valence-corrected chi connectivity index (χ4v) is 6.25. The molecule has 0 bridgehead atoms. The number of rotatable bonds is 0. The lowest BCUT2D eigenvalue weighted by molar-refractivity contribution is -0.128. The van der Waals surface area contributed by atoms with Gasteiger partial charge in [-0.2, -0.15) is 0 Å². The van der Waals surface area contributed by atoms with Crippen LogP contribution in [0.4, 0.5) is 4.39 Å². The number of ketones is 1. The highest BCUT2D eigenvalue weighted by Gasteiger charge is 2.57. The minimum Gasteiger partial charge on any atom is -0.505 e. The predicted octanol–water partition coefficient (Wildman–Crippen LogP) is 4.33. The normalized spacial score (nSPS) is 40.0. The van der Waals surface area contributed by atoms with Crippen LogP contribution in [0.3, 0.4) is 0 Å². The van der Waals surface area contributed by atoms with Gasteiger partial charge in [-0.25, -0.2) is 4.39 Å². The van der Waals surface area contributed by atoms with E-state index in [1.165, 1.54) is 6.07 Å². The Morgan fingerprint density at radius 3 is 2.91 bits per heavy atom. The molecule has 2 fully saturated rings. The van der Waals surface area contributed by atoms with Crippen molar-refractivity contribution in [2.24, 2.45) is 17.3 Å². The topological polar surface area (TPSA) is 37.3 Å². The number of carbonyl (C=O) groups excluding carboxylic acids is 1. The molecular formula is C18H20BrFO2. The van der Waals surface area contributed by atoms with E-state index in [1.807, 2.05) is 0 Å². The fraction of sp³-hybridized carbons (Fsp3) is 0.611. The van der Waals surface area contributed by atoms with Gasteiger partial charge >= 0.3 is 0 Å². The smallest absolute Gasteiger partial charge is 0.165 e. The van der Waals surface area contributed by atoms with E-state index in [9.17, 15) is 14.3 Å². The van der Waals surface area contributed by atoms with Crippen molar-refractivity contribution < 1.29 is 14.3 Å². The molecule has 1 aromatic carbocycles. The van der Waals surface area contributed by atoms with Crippen LogP contribution in [0.1, 0.15) is 49.7 Å². The van der Waals surface area contributed by atoms with E-state index in [1.54, 1.807) is 6.07 Å². The summed E-state index contributed by atoms with van der Waals surface area (Å²) < 4.78 is 13.8. The maximum Gasteiger partial charge on any atom is 0.165 e. The van der Waals surface area contributed by atoms with Crippen molar-refractivity contribution in [2.75, 3.05) is 0 Å². The quantitative estimate of drug-likeness (QED) is 0.693. The average Bonchev–Trinajstić information content (AvgIpc) is 2.72. The van der Waals surface area contributed by atoms with Crippen LogP contribution < -0.4 is 0 Å².